The van der Waals surface area contributed by atoms with Crippen LogP contribution >= 0.6 is 7.82 Å². The number of unbranched alkanes of at least 4 members (excludes halogenated alkanes) is 8. The van der Waals surface area contributed by atoms with Gasteiger partial charge in [0.15, 0.2) is 0 Å². The molecule has 0 rings (SSSR count). The van der Waals surface area contributed by atoms with Crippen LogP contribution in [0.25, 0.3) is 0 Å². The molecule has 0 fully saturated rings. The number of nitrogens with one attached hydrogen (secondary N) is 1. The van der Waals surface area contributed by atoms with Gasteiger partial charge in [0.25, 0.3) is 0 Å². The number of carbonyl (C=O) groups is 2. The Balaban J connectivity index is -0.0000000578. The van der Waals surface area contributed by atoms with Gasteiger partial charge in [-0.1, -0.05) is 64.2 Å². The Morgan fingerprint density at radius 1 is 0.900 bits per heavy atom. The minimum atomic E-state index is -5.15. The van der Waals surface area contributed by atoms with E-state index in [1.165, 1.54) is 39.0 Å². The molecule has 10 nitrogen and oxygen atoms in total. The molecular formula is C27H52NNa2O9P. The van der Waals surface area contributed by atoms with Crippen molar-refractivity contribution < 1.29 is 112 Å². The number of phosphoric acid groups is 1. The van der Waals surface area contributed by atoms with Crippen LogP contribution in [-0.4, -0.2) is 43.1 Å². The standard InChI is InChI=1S/C16H33O8P.C11H7NO.2Na.7H2/c1-2-3-4-5-6-7-8-9-10-11-16(18)24-15(12-22-14-17)13-23-25(19,20)21;1-3-4-5-6-7-8-9-10-12-11(2)13;;;;;;;;;/h15,17H,2-14H2,1H3,(H2,19,20,21);1-2H3,(H,12,13);;;7*1H/q;;2*+1;;;;;;;/p-2/t15-;;;;;;;;;;/m0........../s1. The van der Waals surface area contributed by atoms with E-state index < -0.39 is 33.3 Å². The summed E-state index contributed by atoms with van der Waals surface area (Å²) in [7, 11) is -5.15. The zero-order chi connectivity index (χ0) is 28.9. The quantitative estimate of drug-likeness (QED) is 0.0345. The van der Waals surface area contributed by atoms with Gasteiger partial charge in [-0.25, -0.2) is 0 Å². The summed E-state index contributed by atoms with van der Waals surface area (Å²) in [6.45, 7) is 3.77. The smallest absolute Gasteiger partial charge is 0.790 e. The maximum Gasteiger partial charge on any atom is 1.00 e. The molecular weight excluding hydrogens is 559 g/mol. The molecule has 0 saturated heterocycles. The van der Waals surface area contributed by atoms with E-state index in [4.69, 9.17) is 9.84 Å². The molecule has 1 amide bonds. The first-order valence-corrected chi connectivity index (χ1v) is 13.8. The fourth-order valence-electron chi connectivity index (χ4n) is 2.64. The van der Waals surface area contributed by atoms with Gasteiger partial charge in [0.2, 0.25) is 5.91 Å². The number of ether oxygens (including phenoxy) is 2. The van der Waals surface area contributed by atoms with E-state index in [9.17, 15) is 23.9 Å². The van der Waals surface area contributed by atoms with Gasteiger partial charge in [0.1, 0.15) is 12.9 Å². The Hall–Kier alpha value is -0.790. The van der Waals surface area contributed by atoms with Crippen molar-refractivity contribution in [2.45, 2.75) is 91.1 Å². The first-order valence-electron chi connectivity index (χ1n) is 12.4. The number of hydrogen-bond donors (Lipinski definition) is 2. The molecule has 0 saturated carbocycles. The van der Waals surface area contributed by atoms with Crippen LogP contribution in [0.3, 0.4) is 0 Å². The number of rotatable bonds is 17. The van der Waals surface area contributed by atoms with Crippen LogP contribution in [-0.2, 0) is 28.2 Å². The summed E-state index contributed by atoms with van der Waals surface area (Å²) in [6, 6.07) is 2.35. The molecule has 0 aliphatic heterocycles. The van der Waals surface area contributed by atoms with Crippen molar-refractivity contribution in [1.29, 1.82) is 0 Å². The molecule has 1 atom stereocenters. The van der Waals surface area contributed by atoms with E-state index in [1.807, 2.05) is 0 Å². The van der Waals surface area contributed by atoms with Gasteiger partial charge in [0.05, 0.1) is 21.0 Å². The van der Waals surface area contributed by atoms with Gasteiger partial charge in [0, 0.05) is 47.1 Å². The third-order valence-corrected chi connectivity index (χ3v) is 4.80. The Morgan fingerprint density at radius 2 is 1.43 bits per heavy atom. The fourth-order valence-corrected chi connectivity index (χ4v) is 2.99. The Labute approximate surface area is 294 Å². The number of esters is 1. The van der Waals surface area contributed by atoms with Crippen LogP contribution in [0.15, 0.2) is 0 Å². The molecule has 0 spiro atoms. The second kappa shape index (κ2) is 34.4. The summed E-state index contributed by atoms with van der Waals surface area (Å²) < 4.78 is 24.2. The van der Waals surface area contributed by atoms with E-state index in [0.717, 1.165) is 19.3 Å². The molecule has 0 aromatic rings. The van der Waals surface area contributed by atoms with Crippen LogP contribution in [0.4, 0.5) is 0 Å². The molecule has 0 radical (unpaired) electrons. The van der Waals surface area contributed by atoms with Crippen molar-refractivity contribution in [2.24, 2.45) is 0 Å². The number of aliphatic hydroxyl groups is 1. The third kappa shape index (κ3) is 41.7. The predicted molar refractivity (Wildman–Crippen MR) is 154 cm³/mol. The second-order valence-electron chi connectivity index (χ2n) is 7.74. The summed E-state index contributed by atoms with van der Waals surface area (Å²) in [4.78, 5) is 43.0. The Kier molecular flexibility index (Phi) is 39.7. The summed E-state index contributed by atoms with van der Waals surface area (Å²) in [5, 5.41) is 10.9. The molecule has 226 valence electrons. The Bertz CT molecular complexity index is 986. The molecule has 0 aromatic heterocycles. The van der Waals surface area contributed by atoms with Crippen LogP contribution in [0.1, 0.15) is 95.0 Å². The minimum absolute atomic E-state index is 0. The van der Waals surface area contributed by atoms with Gasteiger partial charge in [-0.2, -0.15) is 0 Å². The largest absolute Gasteiger partial charge is 1.00 e. The molecule has 0 bridgehead atoms. The first-order chi connectivity index (χ1) is 18.2. The number of phosphoric ester groups is 1. The third-order valence-electron chi connectivity index (χ3n) is 4.33. The summed E-state index contributed by atoms with van der Waals surface area (Å²) in [6.07, 6.45) is 9.25. The van der Waals surface area contributed by atoms with E-state index in [0.29, 0.717) is 6.42 Å². The van der Waals surface area contributed by atoms with E-state index in [2.05, 4.69) is 69.0 Å². The van der Waals surface area contributed by atoms with Gasteiger partial charge in [-0.15, -0.1) is 0 Å². The summed E-state index contributed by atoms with van der Waals surface area (Å²) in [5.41, 5.74) is 0. The molecule has 0 heterocycles. The van der Waals surface area contributed by atoms with Crippen LogP contribution in [0, 0.1) is 47.5 Å². The number of amides is 1. The van der Waals surface area contributed by atoms with Crippen molar-refractivity contribution in [3.63, 3.8) is 0 Å². The Morgan fingerprint density at radius 3 is 1.93 bits per heavy atom. The molecule has 0 aromatic carbocycles. The van der Waals surface area contributed by atoms with Crippen molar-refractivity contribution in [1.82, 2.24) is 5.32 Å². The average Bonchev–Trinajstić information content (AvgIpc) is 2.86. The maximum atomic E-state index is 11.7. The van der Waals surface area contributed by atoms with Crippen molar-refractivity contribution in [2.75, 3.05) is 20.0 Å². The molecule has 0 unspecified atom stereocenters. The number of hydrogen-bond acceptors (Lipinski definition) is 9. The fraction of sp³-hybridized carbons (Fsp3) is 0.630. The van der Waals surface area contributed by atoms with E-state index in [-0.39, 0.29) is 88.0 Å². The number of carbonyl (C=O) groups excluding carboxylic acids is 2. The van der Waals surface area contributed by atoms with Gasteiger partial charge in [-0.3, -0.25) is 14.9 Å². The van der Waals surface area contributed by atoms with Crippen LogP contribution in [0.2, 0.25) is 0 Å². The topological polar surface area (TPSA) is 157 Å². The normalized spacial score (nSPS) is 9.75. The second-order valence-corrected chi connectivity index (χ2v) is 8.89. The van der Waals surface area contributed by atoms with Gasteiger partial charge < -0.3 is 33.5 Å². The van der Waals surface area contributed by atoms with Gasteiger partial charge in [-0.05, 0) is 31.1 Å². The number of aliphatic hydroxyl groups excluding tert-OH is 1. The van der Waals surface area contributed by atoms with Crippen molar-refractivity contribution in [3.8, 4) is 47.5 Å². The predicted octanol–water partition coefficient (Wildman–Crippen LogP) is -2.53. The monoisotopic (exact) mass is 611 g/mol. The zero-order valence-corrected chi connectivity index (χ0v) is 29.3. The zero-order valence-electron chi connectivity index (χ0n) is 24.4. The summed E-state index contributed by atoms with van der Waals surface area (Å²) in [5.74, 6) is 16.7. The average molecular weight is 612 g/mol. The summed E-state index contributed by atoms with van der Waals surface area (Å²) >= 11 is 0. The molecule has 40 heavy (non-hydrogen) atoms. The van der Waals surface area contributed by atoms with Crippen molar-refractivity contribution in [3.05, 3.63) is 0 Å². The van der Waals surface area contributed by atoms with Crippen LogP contribution < -0.4 is 74.2 Å². The maximum absolute atomic E-state index is 11.7. The molecule has 2 N–H and O–H groups in total. The van der Waals surface area contributed by atoms with E-state index >= 15 is 0 Å². The SMILES string of the molecule is CC#CC#CC#CC#CNC(C)=O.CCCCCCCCCCCC(=O)O[C@@H](COCO)COP(=O)([O-])[O-].[HH].[HH].[HH].[HH].[HH].[HH].[HH].[Na+].[Na+]. The van der Waals surface area contributed by atoms with Crippen LogP contribution in [0.5, 0.6) is 0 Å². The van der Waals surface area contributed by atoms with E-state index in [1.54, 1.807) is 6.92 Å². The first kappa shape index (κ1) is 46.2. The molecule has 13 heteroatoms. The van der Waals surface area contributed by atoms with Gasteiger partial charge >= 0.3 is 65.1 Å². The minimum Gasteiger partial charge on any atom is -0.790 e. The van der Waals surface area contributed by atoms with Crippen molar-refractivity contribution >= 4 is 19.7 Å². The molecule has 0 aliphatic rings. The molecule has 0 aliphatic carbocycles.